The molecular weight excluding hydrogens is 639 g/mol. The van der Waals surface area contributed by atoms with Crippen LogP contribution in [0.4, 0.5) is 0 Å². The Morgan fingerprint density at radius 2 is 0.904 bits per heavy atom. The molecule has 0 saturated heterocycles. The topological polar surface area (TPSA) is 65.0 Å². The van der Waals surface area contributed by atoms with Crippen LogP contribution in [0.1, 0.15) is 0 Å². The lowest BCUT2D eigenvalue weighted by atomic mass is 9.93. The van der Waals surface area contributed by atoms with E-state index in [0.717, 1.165) is 66.1 Å². The van der Waals surface area contributed by atoms with Crippen molar-refractivity contribution in [3.05, 3.63) is 164 Å². The van der Waals surface area contributed by atoms with Crippen LogP contribution in [0.3, 0.4) is 0 Å². The van der Waals surface area contributed by atoms with E-state index in [1.54, 1.807) is 0 Å². The average Bonchev–Trinajstić information content (AvgIpc) is 3.78. The van der Waals surface area contributed by atoms with Gasteiger partial charge < -0.3 is 8.83 Å². The van der Waals surface area contributed by atoms with Crippen molar-refractivity contribution >= 4 is 65.4 Å². The second-order valence-corrected chi connectivity index (χ2v) is 13.2. The van der Waals surface area contributed by atoms with Crippen molar-refractivity contribution in [3.8, 4) is 45.3 Å². The Morgan fingerprint density at radius 3 is 1.79 bits per heavy atom. The monoisotopic (exact) mass is 665 g/mol. The summed E-state index contributed by atoms with van der Waals surface area (Å²) in [7, 11) is 0. The summed E-state index contributed by atoms with van der Waals surface area (Å²) in [6, 6.07) is 56.4. The van der Waals surface area contributed by atoms with Crippen LogP contribution in [-0.2, 0) is 0 Å². The molecule has 0 amide bonds. The van der Waals surface area contributed by atoms with Crippen molar-refractivity contribution in [2.75, 3.05) is 0 Å². The van der Waals surface area contributed by atoms with E-state index in [2.05, 4.69) is 97.1 Å². The van der Waals surface area contributed by atoms with Crippen molar-refractivity contribution in [1.82, 2.24) is 15.0 Å². The van der Waals surface area contributed by atoms with Crippen LogP contribution in [0.25, 0.3) is 111 Å². The average molecular weight is 666 g/mol. The van der Waals surface area contributed by atoms with Gasteiger partial charge in [-0.15, -0.1) is 0 Å². The largest absolute Gasteiger partial charge is 0.456 e. The number of benzene rings is 8. The molecule has 0 aliphatic carbocycles. The summed E-state index contributed by atoms with van der Waals surface area (Å²) < 4.78 is 12.8. The molecule has 5 nitrogen and oxygen atoms in total. The van der Waals surface area contributed by atoms with Crippen molar-refractivity contribution in [2.45, 2.75) is 0 Å². The van der Waals surface area contributed by atoms with Crippen LogP contribution in [0.15, 0.2) is 173 Å². The first kappa shape index (κ1) is 28.7. The molecule has 0 unspecified atom stereocenters. The van der Waals surface area contributed by atoms with Gasteiger partial charge >= 0.3 is 0 Å². The number of para-hydroxylation sites is 1. The Bertz CT molecular complexity index is 3190. The van der Waals surface area contributed by atoms with Gasteiger partial charge in [-0.3, -0.25) is 0 Å². The first-order valence-corrected chi connectivity index (χ1v) is 17.3. The molecule has 3 aromatic heterocycles. The Kier molecular flexibility index (Phi) is 6.18. The van der Waals surface area contributed by atoms with Gasteiger partial charge in [0.2, 0.25) is 0 Å². The van der Waals surface area contributed by atoms with E-state index in [9.17, 15) is 0 Å². The molecule has 0 spiro atoms. The van der Waals surface area contributed by atoms with E-state index in [1.807, 2.05) is 66.7 Å². The molecule has 0 radical (unpaired) electrons. The molecule has 0 aliphatic heterocycles. The fourth-order valence-corrected chi connectivity index (χ4v) is 7.68. The first-order chi connectivity index (χ1) is 25.7. The molecule has 0 fully saturated rings. The lowest BCUT2D eigenvalue weighted by Crippen LogP contribution is -2.00. The Hall–Kier alpha value is -7.11. The Morgan fingerprint density at radius 1 is 0.308 bits per heavy atom. The van der Waals surface area contributed by atoms with E-state index in [4.69, 9.17) is 23.8 Å². The molecule has 0 aliphatic rings. The third kappa shape index (κ3) is 4.46. The molecule has 52 heavy (non-hydrogen) atoms. The minimum atomic E-state index is 0.571. The van der Waals surface area contributed by atoms with Crippen molar-refractivity contribution in [1.29, 1.82) is 0 Å². The summed E-state index contributed by atoms with van der Waals surface area (Å²) in [6.45, 7) is 0. The minimum absolute atomic E-state index is 0.571. The van der Waals surface area contributed by atoms with Gasteiger partial charge in [0.05, 0.1) is 0 Å². The summed E-state index contributed by atoms with van der Waals surface area (Å²) in [5, 5.41) is 9.03. The van der Waals surface area contributed by atoms with E-state index in [-0.39, 0.29) is 0 Å². The van der Waals surface area contributed by atoms with Crippen molar-refractivity contribution < 1.29 is 8.83 Å². The number of rotatable bonds is 4. The van der Waals surface area contributed by atoms with Gasteiger partial charge in [-0.2, -0.15) is 0 Å². The fraction of sp³-hybridized carbons (Fsp3) is 0. The summed E-state index contributed by atoms with van der Waals surface area (Å²) in [5.41, 5.74) is 8.15. The summed E-state index contributed by atoms with van der Waals surface area (Å²) in [6.07, 6.45) is 0. The van der Waals surface area contributed by atoms with Gasteiger partial charge in [-0.05, 0) is 75.1 Å². The van der Waals surface area contributed by atoms with Crippen LogP contribution in [0.5, 0.6) is 0 Å². The lowest BCUT2D eigenvalue weighted by Gasteiger charge is -2.11. The zero-order valence-corrected chi connectivity index (χ0v) is 27.7. The van der Waals surface area contributed by atoms with Crippen LogP contribution < -0.4 is 0 Å². The molecule has 11 rings (SSSR count). The van der Waals surface area contributed by atoms with Gasteiger partial charge in [0.25, 0.3) is 0 Å². The van der Waals surface area contributed by atoms with Crippen LogP contribution in [0.2, 0.25) is 0 Å². The molecular formula is C47H27N3O2. The highest BCUT2D eigenvalue weighted by molar-refractivity contribution is 6.16. The minimum Gasteiger partial charge on any atom is -0.456 e. The maximum atomic E-state index is 6.60. The lowest BCUT2D eigenvalue weighted by molar-refractivity contribution is 0.668. The number of aromatic nitrogens is 3. The smallest absolute Gasteiger partial charge is 0.164 e. The SMILES string of the molecule is c1ccc(-c2nc(-c3ccc4c(c3)oc3ccccc34)nc(-c3cccc4oc5cc(-c6cc7ccccc7c7ccccc67)ccc5c34)n2)cc1. The summed E-state index contributed by atoms with van der Waals surface area (Å²) in [4.78, 5) is 15.2. The zero-order valence-electron chi connectivity index (χ0n) is 27.7. The quantitative estimate of drug-likeness (QED) is 0.175. The number of fused-ring (bicyclic) bond motifs is 9. The molecule has 242 valence electrons. The first-order valence-electron chi connectivity index (χ1n) is 17.3. The molecule has 8 aromatic carbocycles. The summed E-state index contributed by atoms with van der Waals surface area (Å²) >= 11 is 0. The van der Waals surface area contributed by atoms with E-state index in [1.165, 1.54) is 27.1 Å². The maximum Gasteiger partial charge on any atom is 0.164 e. The van der Waals surface area contributed by atoms with Gasteiger partial charge in [0, 0.05) is 38.2 Å². The predicted molar refractivity (Wildman–Crippen MR) is 211 cm³/mol. The Balaban J connectivity index is 1.10. The third-order valence-electron chi connectivity index (χ3n) is 10.1. The van der Waals surface area contributed by atoms with Gasteiger partial charge in [0.15, 0.2) is 17.5 Å². The normalized spacial score (nSPS) is 11.8. The number of nitrogens with zero attached hydrogens (tertiary/aromatic N) is 3. The molecule has 0 saturated carbocycles. The van der Waals surface area contributed by atoms with Crippen molar-refractivity contribution in [2.24, 2.45) is 0 Å². The molecule has 0 atom stereocenters. The van der Waals surface area contributed by atoms with Gasteiger partial charge in [0.1, 0.15) is 22.3 Å². The molecule has 0 N–H and O–H groups in total. The standard InChI is InChI=1S/C47H27N3O2/c1-2-11-28(12-3-1)45-48-46(31-22-23-36-35-17-8-9-19-40(35)51-42(36)27-31)50-47(49-45)38-18-10-20-41-44(38)37-24-21-30(26-43(37)52-41)39-25-29-13-4-5-14-32(29)33-15-6-7-16-34(33)39/h1-27H. The van der Waals surface area contributed by atoms with E-state index in [0.29, 0.717) is 17.5 Å². The molecule has 11 aromatic rings. The fourth-order valence-electron chi connectivity index (χ4n) is 7.68. The zero-order chi connectivity index (χ0) is 34.2. The highest BCUT2D eigenvalue weighted by Gasteiger charge is 2.19. The molecule has 0 bridgehead atoms. The number of hydrogen-bond donors (Lipinski definition) is 0. The van der Waals surface area contributed by atoms with E-state index >= 15 is 0 Å². The second-order valence-electron chi connectivity index (χ2n) is 13.2. The van der Waals surface area contributed by atoms with E-state index < -0.39 is 0 Å². The van der Waals surface area contributed by atoms with Crippen LogP contribution >= 0.6 is 0 Å². The highest BCUT2D eigenvalue weighted by atomic mass is 16.3. The van der Waals surface area contributed by atoms with Crippen LogP contribution in [-0.4, -0.2) is 15.0 Å². The number of hydrogen-bond acceptors (Lipinski definition) is 5. The maximum absolute atomic E-state index is 6.60. The summed E-state index contributed by atoms with van der Waals surface area (Å²) in [5.74, 6) is 1.74. The van der Waals surface area contributed by atoms with Crippen molar-refractivity contribution in [3.63, 3.8) is 0 Å². The van der Waals surface area contributed by atoms with Gasteiger partial charge in [-0.25, -0.2) is 15.0 Å². The van der Waals surface area contributed by atoms with Crippen LogP contribution in [0, 0.1) is 0 Å². The molecule has 3 heterocycles. The third-order valence-corrected chi connectivity index (χ3v) is 10.1. The highest BCUT2D eigenvalue weighted by Crippen LogP contribution is 2.41. The Labute approximate surface area is 297 Å². The second kappa shape index (κ2) is 11.2. The molecule has 5 heteroatoms. The number of furan rings is 2. The van der Waals surface area contributed by atoms with Gasteiger partial charge in [-0.1, -0.05) is 121 Å². The predicted octanol–water partition coefficient (Wildman–Crippen LogP) is 12.6.